The summed E-state index contributed by atoms with van der Waals surface area (Å²) in [6.07, 6.45) is 6.01. The fourth-order valence-corrected chi connectivity index (χ4v) is 5.08. The van der Waals surface area contributed by atoms with Crippen LogP contribution in [-0.2, 0) is 7.05 Å². The smallest absolute Gasteiger partial charge is 0.272 e. The number of anilines is 1. The van der Waals surface area contributed by atoms with Crippen LogP contribution in [-0.4, -0.2) is 60.9 Å². The monoisotopic (exact) mass is 450 g/mol. The van der Waals surface area contributed by atoms with Crippen molar-refractivity contribution >= 4 is 17.4 Å². The number of likely N-dealkylation sites (tertiary alicyclic amines) is 1. The van der Waals surface area contributed by atoms with Crippen LogP contribution in [0.4, 0.5) is 5.82 Å². The maximum Gasteiger partial charge on any atom is 0.272 e. The Morgan fingerprint density at radius 2 is 1.97 bits per heavy atom. The number of carbonyl (C=O) groups excluding carboxylic acids is 1. The first-order chi connectivity index (χ1) is 15.8. The summed E-state index contributed by atoms with van der Waals surface area (Å²) in [5.74, 6) is 1.28. The van der Waals surface area contributed by atoms with Crippen molar-refractivity contribution in [1.29, 1.82) is 0 Å². The van der Waals surface area contributed by atoms with Crippen LogP contribution < -0.4 is 10.6 Å². The third kappa shape index (κ3) is 3.99. The number of nitrogens with zero attached hydrogens (tertiary/aromatic N) is 7. The molecule has 2 aliphatic rings. The Hall–Kier alpha value is -2.94. The first-order valence-electron chi connectivity index (χ1n) is 12.0. The maximum atomic E-state index is 13.6. The van der Waals surface area contributed by atoms with E-state index < -0.39 is 0 Å². The summed E-state index contributed by atoms with van der Waals surface area (Å²) in [6, 6.07) is 4.11. The maximum absolute atomic E-state index is 13.6. The molecule has 5 heterocycles. The first kappa shape index (κ1) is 21.9. The van der Waals surface area contributed by atoms with Crippen molar-refractivity contribution in [3.63, 3.8) is 0 Å². The molecule has 2 fully saturated rings. The van der Waals surface area contributed by atoms with Crippen LogP contribution >= 0.6 is 0 Å². The van der Waals surface area contributed by atoms with Crippen LogP contribution in [0.25, 0.3) is 5.65 Å². The van der Waals surface area contributed by atoms with Crippen LogP contribution in [0.15, 0.2) is 18.3 Å². The second kappa shape index (κ2) is 8.44. The molecular formula is C24H34N8O. The second-order valence-corrected chi connectivity index (χ2v) is 9.86. The zero-order chi connectivity index (χ0) is 23.3. The minimum absolute atomic E-state index is 0.0227. The molecule has 2 saturated heterocycles. The van der Waals surface area contributed by atoms with E-state index >= 15 is 0 Å². The van der Waals surface area contributed by atoms with Gasteiger partial charge in [-0.15, -0.1) is 0 Å². The minimum atomic E-state index is -0.0608. The van der Waals surface area contributed by atoms with Gasteiger partial charge in [-0.05, 0) is 44.6 Å². The largest absolute Gasteiger partial charge is 0.355 e. The lowest BCUT2D eigenvalue weighted by atomic mass is 9.98. The molecule has 0 saturated carbocycles. The van der Waals surface area contributed by atoms with E-state index in [-0.39, 0.29) is 23.9 Å². The summed E-state index contributed by atoms with van der Waals surface area (Å²) in [5.41, 5.74) is 10.5. The quantitative estimate of drug-likeness (QED) is 0.656. The van der Waals surface area contributed by atoms with E-state index in [2.05, 4.69) is 30.8 Å². The Labute approximate surface area is 194 Å². The van der Waals surface area contributed by atoms with E-state index in [9.17, 15) is 4.79 Å². The van der Waals surface area contributed by atoms with Gasteiger partial charge in [-0.25, -0.2) is 9.50 Å². The summed E-state index contributed by atoms with van der Waals surface area (Å²) >= 11 is 0. The molecule has 2 atom stereocenters. The number of hydrogen-bond acceptors (Lipinski definition) is 6. The Balaban J connectivity index is 1.46. The van der Waals surface area contributed by atoms with Gasteiger partial charge in [0, 0.05) is 50.6 Å². The third-order valence-electron chi connectivity index (χ3n) is 6.96. The zero-order valence-electron chi connectivity index (χ0n) is 20.0. The number of rotatable bonds is 4. The lowest BCUT2D eigenvalue weighted by molar-refractivity contribution is 0.0594. The van der Waals surface area contributed by atoms with E-state index in [0.29, 0.717) is 5.69 Å². The molecule has 9 nitrogen and oxygen atoms in total. The SMILES string of the molecule is Cc1cn2nc(C3CCCCN3C(=O)c3cc(C(C)C)nn3C)cc2nc1N1CCC(N)C1. The van der Waals surface area contributed by atoms with Crippen LogP contribution in [0, 0.1) is 6.92 Å². The molecule has 33 heavy (non-hydrogen) atoms. The predicted molar refractivity (Wildman–Crippen MR) is 127 cm³/mol. The summed E-state index contributed by atoms with van der Waals surface area (Å²) in [7, 11) is 1.85. The molecule has 3 aromatic rings. The summed E-state index contributed by atoms with van der Waals surface area (Å²) in [4.78, 5) is 22.7. The van der Waals surface area contributed by atoms with Crippen LogP contribution in [0.2, 0.25) is 0 Å². The Morgan fingerprint density at radius 3 is 2.67 bits per heavy atom. The van der Waals surface area contributed by atoms with Gasteiger partial charge in [0.25, 0.3) is 5.91 Å². The molecule has 3 aromatic heterocycles. The van der Waals surface area contributed by atoms with Crippen molar-refractivity contribution in [3.05, 3.63) is 41.0 Å². The Bertz CT molecular complexity index is 1180. The zero-order valence-corrected chi connectivity index (χ0v) is 20.0. The Morgan fingerprint density at radius 1 is 1.15 bits per heavy atom. The molecule has 0 aliphatic carbocycles. The molecule has 2 N–H and O–H groups in total. The van der Waals surface area contributed by atoms with E-state index in [4.69, 9.17) is 15.8 Å². The first-order valence-corrected chi connectivity index (χ1v) is 12.0. The lowest BCUT2D eigenvalue weighted by Crippen LogP contribution is -2.39. The van der Waals surface area contributed by atoms with Gasteiger partial charge < -0.3 is 15.5 Å². The van der Waals surface area contributed by atoms with Crippen molar-refractivity contribution in [2.24, 2.45) is 12.8 Å². The molecular weight excluding hydrogens is 416 g/mol. The van der Waals surface area contributed by atoms with Gasteiger partial charge in [0.05, 0.1) is 17.4 Å². The number of fused-ring (bicyclic) bond motifs is 1. The second-order valence-electron chi connectivity index (χ2n) is 9.86. The van der Waals surface area contributed by atoms with Gasteiger partial charge in [0.2, 0.25) is 0 Å². The summed E-state index contributed by atoms with van der Waals surface area (Å²) in [6.45, 7) is 8.74. The highest BCUT2D eigenvalue weighted by Gasteiger charge is 2.32. The fraction of sp³-hybridized carbons (Fsp3) is 0.583. The topological polar surface area (TPSA) is 97.6 Å². The highest BCUT2D eigenvalue weighted by atomic mass is 16.2. The number of aryl methyl sites for hydroxylation is 2. The molecule has 1 amide bonds. The molecule has 9 heteroatoms. The van der Waals surface area contributed by atoms with Crippen molar-refractivity contribution < 1.29 is 4.79 Å². The summed E-state index contributed by atoms with van der Waals surface area (Å²) < 4.78 is 3.56. The normalized spacial score (nSPS) is 21.5. The van der Waals surface area contributed by atoms with Crippen LogP contribution in [0.5, 0.6) is 0 Å². The standard InChI is InChI=1S/C24H34N8O/c1-15(2)18-11-21(29(4)27-18)24(33)31-9-6-5-7-20(31)19-12-22-26-23(16(3)13-32(22)28-19)30-10-8-17(25)14-30/h11-13,15,17,20H,5-10,14,25H2,1-4H3. The van der Waals surface area contributed by atoms with Crippen molar-refractivity contribution in [3.8, 4) is 0 Å². The predicted octanol–water partition coefficient (Wildman–Crippen LogP) is 2.80. The third-order valence-corrected chi connectivity index (χ3v) is 6.96. The molecule has 0 spiro atoms. The number of nitrogens with two attached hydrogens (primary N) is 1. The minimum Gasteiger partial charge on any atom is -0.355 e. The molecule has 0 bridgehead atoms. The van der Waals surface area contributed by atoms with E-state index in [1.807, 2.05) is 34.8 Å². The van der Waals surface area contributed by atoms with Gasteiger partial charge in [-0.3, -0.25) is 9.48 Å². The number of aromatic nitrogens is 5. The van der Waals surface area contributed by atoms with Crippen molar-refractivity contribution in [2.45, 2.75) is 64.5 Å². The molecule has 176 valence electrons. The number of piperidine rings is 1. The van der Waals surface area contributed by atoms with Crippen molar-refractivity contribution in [1.82, 2.24) is 29.3 Å². The van der Waals surface area contributed by atoms with Crippen LogP contribution in [0.3, 0.4) is 0 Å². The Kier molecular flexibility index (Phi) is 5.60. The fourth-order valence-electron chi connectivity index (χ4n) is 5.08. The molecule has 2 aliphatic heterocycles. The highest BCUT2D eigenvalue weighted by molar-refractivity contribution is 5.93. The lowest BCUT2D eigenvalue weighted by Gasteiger charge is -2.34. The van der Waals surface area contributed by atoms with Gasteiger partial charge in [0.15, 0.2) is 5.65 Å². The van der Waals surface area contributed by atoms with Gasteiger partial charge >= 0.3 is 0 Å². The molecule has 0 radical (unpaired) electrons. The average molecular weight is 451 g/mol. The van der Waals surface area contributed by atoms with Gasteiger partial charge in [-0.2, -0.15) is 10.2 Å². The van der Waals surface area contributed by atoms with Gasteiger partial charge in [-0.1, -0.05) is 13.8 Å². The van der Waals surface area contributed by atoms with Crippen LogP contribution in [0.1, 0.15) is 78.9 Å². The van der Waals surface area contributed by atoms with E-state index in [1.54, 1.807) is 4.68 Å². The highest BCUT2D eigenvalue weighted by Crippen LogP contribution is 2.33. The van der Waals surface area contributed by atoms with E-state index in [0.717, 1.165) is 73.7 Å². The van der Waals surface area contributed by atoms with Gasteiger partial charge in [0.1, 0.15) is 11.5 Å². The molecule has 2 unspecified atom stereocenters. The molecule has 0 aromatic carbocycles. The van der Waals surface area contributed by atoms with E-state index in [1.165, 1.54) is 0 Å². The number of amides is 1. The summed E-state index contributed by atoms with van der Waals surface area (Å²) in [5, 5.41) is 9.40. The van der Waals surface area contributed by atoms with Crippen molar-refractivity contribution in [2.75, 3.05) is 24.5 Å². The number of carbonyl (C=O) groups is 1. The average Bonchev–Trinajstić information content (AvgIpc) is 3.50. The molecule has 5 rings (SSSR count). The number of hydrogen-bond donors (Lipinski definition) is 1.